The van der Waals surface area contributed by atoms with Crippen LogP contribution in [-0.4, -0.2) is 81.4 Å². The van der Waals surface area contributed by atoms with Crippen LogP contribution in [0.3, 0.4) is 0 Å². The van der Waals surface area contributed by atoms with E-state index in [1.54, 1.807) is 7.11 Å². The molecule has 0 amide bonds. The fourth-order valence-electron chi connectivity index (χ4n) is 4.65. The van der Waals surface area contributed by atoms with Crippen molar-refractivity contribution in [3.63, 3.8) is 0 Å². The third kappa shape index (κ3) is 4.91. The van der Waals surface area contributed by atoms with E-state index in [1.807, 2.05) is 61.0 Å². The molecule has 0 spiro atoms. The highest BCUT2D eigenvalue weighted by Crippen LogP contribution is 2.41. The van der Waals surface area contributed by atoms with E-state index in [1.165, 1.54) is 0 Å². The summed E-state index contributed by atoms with van der Waals surface area (Å²) in [5, 5.41) is 45.4. The molecule has 0 unspecified atom stereocenters. The number of aliphatic hydroxyl groups excluding tert-OH is 4. The van der Waals surface area contributed by atoms with E-state index >= 15 is 0 Å². The molecule has 38 heavy (non-hydrogen) atoms. The number of aliphatic hydroxyl groups is 4. The van der Waals surface area contributed by atoms with E-state index in [0.717, 1.165) is 22.6 Å². The summed E-state index contributed by atoms with van der Waals surface area (Å²) in [4.78, 5) is 0. The molecule has 3 aromatic rings. The second-order valence-electron chi connectivity index (χ2n) is 9.58. The first kappa shape index (κ1) is 26.3. The maximum atomic E-state index is 10.6. The van der Waals surface area contributed by atoms with Crippen LogP contribution >= 0.6 is 0 Å². The van der Waals surface area contributed by atoms with E-state index in [9.17, 15) is 20.4 Å². The maximum Gasteiger partial charge on any atom is 0.239 e. The molecule has 2 aliphatic heterocycles. The molecule has 2 aromatic carbocycles. The zero-order chi connectivity index (χ0) is 27.0. The molecule has 204 valence electrons. The van der Waals surface area contributed by atoms with Crippen molar-refractivity contribution in [3.05, 3.63) is 53.6 Å². The number of ether oxygens (including phenoxy) is 5. The Bertz CT molecular complexity index is 1260. The van der Waals surface area contributed by atoms with Gasteiger partial charge in [0.15, 0.2) is 11.5 Å². The fraction of sp³-hybridized carbons (Fsp3) is 0.444. The number of aromatic nitrogens is 2. The highest BCUT2D eigenvalue weighted by atomic mass is 16.7. The van der Waals surface area contributed by atoms with Crippen LogP contribution in [0.4, 0.5) is 0 Å². The van der Waals surface area contributed by atoms with Crippen LogP contribution in [0.5, 0.6) is 23.1 Å². The van der Waals surface area contributed by atoms with Gasteiger partial charge in [-0.15, -0.1) is 5.10 Å². The summed E-state index contributed by atoms with van der Waals surface area (Å²) in [6.07, 6.45) is -6.71. The smallest absolute Gasteiger partial charge is 0.239 e. The molecule has 1 fully saturated rings. The standard InChI is InChI=1S/C27H32N2O9/c1-14(2)29-22(16-6-9-19-20(11-16)36-13-35-19)18(10-15-4-7-17(34-3)8-5-15)26(28-29)38-27-25(33)24(32)23(31)21(12-30)37-27/h4-9,11,14,21,23-25,27,30-33H,10,12-13H2,1-3H3/t21-,23-,24+,25-,27+/m1/s1. The molecule has 2 aliphatic rings. The summed E-state index contributed by atoms with van der Waals surface area (Å²) >= 11 is 0. The predicted octanol–water partition coefficient (Wildman–Crippen LogP) is 1.64. The third-order valence-corrected chi connectivity index (χ3v) is 6.72. The largest absolute Gasteiger partial charge is 0.497 e. The van der Waals surface area contributed by atoms with Crippen molar-refractivity contribution in [3.8, 4) is 34.4 Å². The molecule has 5 rings (SSSR count). The van der Waals surface area contributed by atoms with Gasteiger partial charge in [0.1, 0.15) is 30.2 Å². The molecule has 1 saturated heterocycles. The zero-order valence-corrected chi connectivity index (χ0v) is 21.4. The lowest BCUT2D eigenvalue weighted by Crippen LogP contribution is -2.60. The van der Waals surface area contributed by atoms with Gasteiger partial charge in [-0.3, -0.25) is 4.68 Å². The van der Waals surface area contributed by atoms with E-state index in [2.05, 4.69) is 0 Å². The van der Waals surface area contributed by atoms with Crippen molar-refractivity contribution in [1.82, 2.24) is 9.78 Å². The summed E-state index contributed by atoms with van der Waals surface area (Å²) < 4.78 is 29.9. The Kier molecular flexibility index (Phi) is 7.46. The first-order valence-corrected chi connectivity index (χ1v) is 12.4. The molecular weight excluding hydrogens is 496 g/mol. The number of nitrogens with zero attached hydrogens (tertiary/aromatic N) is 2. The summed E-state index contributed by atoms with van der Waals surface area (Å²) in [5.74, 6) is 2.18. The van der Waals surface area contributed by atoms with E-state index in [4.69, 9.17) is 28.8 Å². The van der Waals surface area contributed by atoms with Crippen molar-refractivity contribution in [1.29, 1.82) is 0 Å². The van der Waals surface area contributed by atoms with Crippen molar-refractivity contribution in [2.45, 2.75) is 57.0 Å². The molecule has 0 radical (unpaired) electrons. The van der Waals surface area contributed by atoms with Crippen molar-refractivity contribution >= 4 is 0 Å². The Morgan fingerprint density at radius 2 is 1.74 bits per heavy atom. The molecule has 1 aromatic heterocycles. The average molecular weight is 529 g/mol. The van der Waals surface area contributed by atoms with Gasteiger partial charge in [0.2, 0.25) is 19.0 Å². The molecule has 0 aliphatic carbocycles. The van der Waals surface area contributed by atoms with Crippen LogP contribution in [0.2, 0.25) is 0 Å². The van der Waals surface area contributed by atoms with Crippen LogP contribution in [-0.2, 0) is 11.2 Å². The van der Waals surface area contributed by atoms with E-state index < -0.39 is 37.3 Å². The molecule has 11 heteroatoms. The average Bonchev–Trinajstić information content (AvgIpc) is 3.53. The third-order valence-electron chi connectivity index (χ3n) is 6.72. The number of benzene rings is 2. The zero-order valence-electron chi connectivity index (χ0n) is 21.4. The van der Waals surface area contributed by atoms with Gasteiger partial charge in [0, 0.05) is 23.6 Å². The Morgan fingerprint density at radius 1 is 1.00 bits per heavy atom. The SMILES string of the molecule is COc1ccc(Cc2c(O[C@@H]3O[C@H](CO)[C@@H](O)[C@H](O)[C@H]3O)nn(C(C)C)c2-c2ccc3c(c2)OCO3)cc1. The van der Waals surface area contributed by atoms with Gasteiger partial charge in [-0.05, 0) is 49.7 Å². The number of fused-ring (bicyclic) bond motifs is 1. The Morgan fingerprint density at radius 3 is 2.42 bits per heavy atom. The van der Waals surface area contributed by atoms with Crippen molar-refractivity contribution in [2.24, 2.45) is 0 Å². The minimum Gasteiger partial charge on any atom is -0.497 e. The van der Waals surface area contributed by atoms with E-state index in [-0.39, 0.29) is 18.7 Å². The molecule has 0 bridgehead atoms. The fourth-order valence-corrected chi connectivity index (χ4v) is 4.65. The van der Waals surface area contributed by atoms with Crippen molar-refractivity contribution < 1.29 is 44.1 Å². The van der Waals surface area contributed by atoms with Gasteiger partial charge in [-0.2, -0.15) is 0 Å². The second kappa shape index (κ2) is 10.8. The van der Waals surface area contributed by atoms with Crippen LogP contribution < -0.4 is 18.9 Å². The van der Waals surface area contributed by atoms with Gasteiger partial charge >= 0.3 is 0 Å². The van der Waals surface area contributed by atoms with Crippen LogP contribution in [0.1, 0.15) is 31.0 Å². The van der Waals surface area contributed by atoms with Gasteiger partial charge in [0.25, 0.3) is 0 Å². The van der Waals surface area contributed by atoms with Crippen molar-refractivity contribution in [2.75, 3.05) is 20.5 Å². The normalized spacial score (nSPS) is 24.6. The molecule has 4 N–H and O–H groups in total. The summed E-state index contributed by atoms with van der Waals surface area (Å²) in [6, 6.07) is 13.2. The summed E-state index contributed by atoms with van der Waals surface area (Å²) in [7, 11) is 1.60. The summed E-state index contributed by atoms with van der Waals surface area (Å²) in [6.45, 7) is 3.55. The molecule has 11 nitrogen and oxygen atoms in total. The molecular formula is C27H32N2O9. The Hall–Kier alpha value is -3.35. The first-order valence-electron chi connectivity index (χ1n) is 12.4. The van der Waals surface area contributed by atoms with Crippen LogP contribution in [0.15, 0.2) is 42.5 Å². The van der Waals surface area contributed by atoms with Gasteiger partial charge in [-0.25, -0.2) is 0 Å². The Balaban J connectivity index is 1.59. The van der Waals surface area contributed by atoms with E-state index in [0.29, 0.717) is 23.5 Å². The number of hydrogen-bond donors (Lipinski definition) is 4. The predicted molar refractivity (Wildman–Crippen MR) is 134 cm³/mol. The molecule has 0 saturated carbocycles. The first-order chi connectivity index (χ1) is 18.3. The number of hydrogen-bond acceptors (Lipinski definition) is 10. The van der Waals surface area contributed by atoms with Gasteiger partial charge in [0.05, 0.1) is 19.4 Å². The number of methoxy groups -OCH3 is 1. The maximum absolute atomic E-state index is 10.6. The highest BCUT2D eigenvalue weighted by molar-refractivity contribution is 5.70. The minimum absolute atomic E-state index is 0.0720. The Labute approximate surface area is 219 Å². The highest BCUT2D eigenvalue weighted by Gasteiger charge is 2.45. The molecule has 5 atom stereocenters. The van der Waals surface area contributed by atoms with Gasteiger partial charge < -0.3 is 44.1 Å². The number of rotatable bonds is 8. The quantitative estimate of drug-likeness (QED) is 0.340. The summed E-state index contributed by atoms with van der Waals surface area (Å²) in [5.41, 5.74) is 3.26. The topological polar surface area (TPSA) is 145 Å². The second-order valence-corrected chi connectivity index (χ2v) is 9.58. The molecule has 3 heterocycles. The lowest BCUT2D eigenvalue weighted by Gasteiger charge is -2.39. The van der Waals surface area contributed by atoms with Crippen LogP contribution in [0.25, 0.3) is 11.3 Å². The van der Waals surface area contributed by atoms with Crippen LogP contribution in [0, 0.1) is 0 Å². The lowest BCUT2D eigenvalue weighted by atomic mass is 9.99. The lowest BCUT2D eigenvalue weighted by molar-refractivity contribution is -0.278. The van der Waals surface area contributed by atoms with Gasteiger partial charge in [-0.1, -0.05) is 12.1 Å². The monoisotopic (exact) mass is 528 g/mol. The minimum atomic E-state index is -1.57.